The third-order valence-electron chi connectivity index (χ3n) is 4.55. The Morgan fingerprint density at radius 3 is 2.70 bits per heavy atom. The lowest BCUT2D eigenvalue weighted by molar-refractivity contribution is -0.141. The van der Waals surface area contributed by atoms with Crippen molar-refractivity contribution in [2.24, 2.45) is 12.5 Å². The number of aromatic nitrogens is 2. The lowest BCUT2D eigenvalue weighted by Crippen LogP contribution is -2.54. The van der Waals surface area contributed by atoms with Gasteiger partial charge in [0.2, 0.25) is 6.41 Å². The number of carbonyl (C=O) groups is 1. The number of alkyl halides is 3. The fourth-order valence-corrected chi connectivity index (χ4v) is 3.64. The first-order valence-corrected chi connectivity index (χ1v) is 6.63. The van der Waals surface area contributed by atoms with Gasteiger partial charge in [-0.15, -0.1) is 0 Å². The van der Waals surface area contributed by atoms with E-state index in [1.54, 1.807) is 11.9 Å². The van der Waals surface area contributed by atoms with Crippen LogP contribution < -0.4 is 0 Å². The maximum absolute atomic E-state index is 12.7. The molecule has 1 unspecified atom stereocenters. The van der Waals surface area contributed by atoms with Crippen molar-refractivity contribution in [3.8, 4) is 0 Å². The Morgan fingerprint density at radius 1 is 1.45 bits per heavy atom. The molecule has 20 heavy (non-hydrogen) atoms. The Hall–Kier alpha value is -1.53. The van der Waals surface area contributed by atoms with Gasteiger partial charge in [0.15, 0.2) is 5.69 Å². The Balaban J connectivity index is 1.75. The number of rotatable bonds is 2. The number of hydrogen-bond donors (Lipinski definition) is 0. The summed E-state index contributed by atoms with van der Waals surface area (Å²) in [7, 11) is 1.56. The summed E-state index contributed by atoms with van der Waals surface area (Å²) < 4.78 is 39.4. The highest BCUT2D eigenvalue weighted by Gasteiger charge is 2.49. The fourth-order valence-electron chi connectivity index (χ4n) is 3.64. The van der Waals surface area contributed by atoms with Crippen LogP contribution in [0.2, 0.25) is 0 Å². The van der Waals surface area contributed by atoms with Crippen molar-refractivity contribution in [2.45, 2.75) is 31.4 Å². The molecule has 4 nitrogen and oxygen atoms in total. The summed E-state index contributed by atoms with van der Waals surface area (Å²) in [5.41, 5.74) is -0.0494. The molecule has 1 aliphatic heterocycles. The molecule has 1 saturated heterocycles. The van der Waals surface area contributed by atoms with Crippen LogP contribution in [0.15, 0.2) is 6.07 Å². The SMILES string of the molecule is Cn1nc(C(F)(F)F)cc1C1CCC2(C1)CN(C=O)C2. The highest BCUT2D eigenvalue weighted by atomic mass is 19.4. The summed E-state index contributed by atoms with van der Waals surface area (Å²) >= 11 is 0. The van der Waals surface area contributed by atoms with Crippen molar-refractivity contribution in [3.05, 3.63) is 17.5 Å². The van der Waals surface area contributed by atoms with Crippen LogP contribution in [-0.4, -0.2) is 34.2 Å². The van der Waals surface area contributed by atoms with Gasteiger partial charge in [0.1, 0.15) is 0 Å². The Bertz CT molecular complexity index is 531. The molecule has 110 valence electrons. The summed E-state index contributed by atoms with van der Waals surface area (Å²) in [6, 6.07) is 1.17. The zero-order valence-electron chi connectivity index (χ0n) is 11.2. The normalized spacial score (nSPS) is 25.0. The second-order valence-electron chi connectivity index (χ2n) is 6.03. The van der Waals surface area contributed by atoms with Gasteiger partial charge in [-0.2, -0.15) is 18.3 Å². The van der Waals surface area contributed by atoms with E-state index < -0.39 is 11.9 Å². The van der Waals surface area contributed by atoms with Crippen molar-refractivity contribution in [1.82, 2.24) is 14.7 Å². The minimum atomic E-state index is -4.39. The van der Waals surface area contributed by atoms with E-state index >= 15 is 0 Å². The fraction of sp³-hybridized carbons (Fsp3) is 0.692. The van der Waals surface area contributed by atoms with E-state index in [1.807, 2.05) is 0 Å². The maximum Gasteiger partial charge on any atom is 0.435 e. The second-order valence-corrected chi connectivity index (χ2v) is 6.03. The number of amides is 1. The molecule has 3 rings (SSSR count). The van der Waals surface area contributed by atoms with Crippen LogP contribution in [0.25, 0.3) is 0 Å². The summed E-state index contributed by atoms with van der Waals surface area (Å²) in [5, 5.41) is 3.57. The zero-order valence-corrected chi connectivity index (χ0v) is 11.2. The van der Waals surface area contributed by atoms with Crippen LogP contribution >= 0.6 is 0 Å². The third-order valence-corrected chi connectivity index (χ3v) is 4.55. The Labute approximate surface area is 114 Å². The zero-order chi connectivity index (χ0) is 14.5. The van der Waals surface area contributed by atoms with Crippen LogP contribution in [0.3, 0.4) is 0 Å². The standard InChI is InChI=1S/C13H16F3N3O/c1-18-10(4-11(17-18)13(14,15)16)9-2-3-12(5-9)6-19(7-12)8-20/h4,8-9H,2-3,5-7H2,1H3. The molecule has 1 atom stereocenters. The molecule has 1 spiro atoms. The largest absolute Gasteiger partial charge is 0.435 e. The van der Waals surface area contributed by atoms with Crippen LogP contribution in [0.4, 0.5) is 13.2 Å². The molecule has 7 heteroatoms. The summed E-state index contributed by atoms with van der Waals surface area (Å²) in [4.78, 5) is 12.3. The molecule has 0 bridgehead atoms. The number of hydrogen-bond acceptors (Lipinski definition) is 2. The highest BCUT2D eigenvalue weighted by Crippen LogP contribution is 2.51. The molecular weight excluding hydrogens is 271 g/mol. The summed E-state index contributed by atoms with van der Waals surface area (Å²) in [6.45, 7) is 1.47. The number of carbonyl (C=O) groups excluding carboxylic acids is 1. The van der Waals surface area contributed by atoms with Crippen molar-refractivity contribution >= 4 is 6.41 Å². The van der Waals surface area contributed by atoms with Crippen LogP contribution in [-0.2, 0) is 18.0 Å². The van der Waals surface area contributed by atoms with Crippen molar-refractivity contribution in [3.63, 3.8) is 0 Å². The second kappa shape index (κ2) is 4.23. The van der Waals surface area contributed by atoms with Gasteiger partial charge in [0.25, 0.3) is 0 Å². The molecule has 0 aromatic carbocycles. The molecule has 2 heterocycles. The molecule has 0 N–H and O–H groups in total. The first-order valence-electron chi connectivity index (χ1n) is 6.63. The number of nitrogens with zero attached hydrogens (tertiary/aromatic N) is 3. The van der Waals surface area contributed by atoms with Gasteiger partial charge in [0.05, 0.1) is 0 Å². The van der Waals surface area contributed by atoms with E-state index in [4.69, 9.17) is 0 Å². The van der Waals surface area contributed by atoms with Gasteiger partial charge < -0.3 is 4.90 Å². The summed E-state index contributed by atoms with van der Waals surface area (Å²) in [5.74, 6) is 0.109. The van der Waals surface area contributed by atoms with Gasteiger partial charge in [-0.05, 0) is 25.3 Å². The smallest absolute Gasteiger partial charge is 0.344 e. The number of halogens is 3. The predicted octanol–water partition coefficient (Wildman–Crippen LogP) is 2.16. The van der Waals surface area contributed by atoms with Gasteiger partial charge in [-0.1, -0.05) is 0 Å². The molecule has 1 amide bonds. The van der Waals surface area contributed by atoms with Crippen LogP contribution in [0.5, 0.6) is 0 Å². The molecule has 1 aromatic heterocycles. The first-order chi connectivity index (χ1) is 9.33. The van der Waals surface area contributed by atoms with Gasteiger partial charge >= 0.3 is 6.18 Å². The minimum Gasteiger partial charge on any atom is -0.344 e. The lowest BCUT2D eigenvalue weighted by Gasteiger charge is -2.46. The van der Waals surface area contributed by atoms with E-state index in [0.29, 0.717) is 5.69 Å². The molecule has 1 aromatic rings. The van der Waals surface area contributed by atoms with E-state index in [1.165, 1.54) is 10.7 Å². The first kappa shape index (κ1) is 13.5. The Morgan fingerprint density at radius 2 is 2.15 bits per heavy atom. The van der Waals surface area contributed by atoms with Gasteiger partial charge in [-0.3, -0.25) is 9.48 Å². The van der Waals surface area contributed by atoms with E-state index in [0.717, 1.165) is 38.8 Å². The molecule has 1 saturated carbocycles. The maximum atomic E-state index is 12.7. The topological polar surface area (TPSA) is 38.1 Å². The highest BCUT2D eigenvalue weighted by molar-refractivity contribution is 5.49. The van der Waals surface area contributed by atoms with Gasteiger partial charge in [-0.25, -0.2) is 0 Å². The minimum absolute atomic E-state index is 0.109. The molecule has 2 aliphatic rings. The van der Waals surface area contributed by atoms with Crippen LogP contribution in [0, 0.1) is 5.41 Å². The predicted molar refractivity (Wildman–Crippen MR) is 64.9 cm³/mol. The van der Waals surface area contributed by atoms with Crippen molar-refractivity contribution in [2.75, 3.05) is 13.1 Å². The van der Waals surface area contributed by atoms with Crippen molar-refractivity contribution in [1.29, 1.82) is 0 Å². The Kier molecular flexibility index (Phi) is 2.85. The lowest BCUT2D eigenvalue weighted by atomic mass is 9.78. The van der Waals surface area contributed by atoms with E-state index in [9.17, 15) is 18.0 Å². The van der Waals surface area contributed by atoms with E-state index in [2.05, 4.69) is 5.10 Å². The van der Waals surface area contributed by atoms with Crippen molar-refractivity contribution < 1.29 is 18.0 Å². The average Bonchev–Trinajstić information content (AvgIpc) is 2.89. The molecule has 1 aliphatic carbocycles. The van der Waals surface area contributed by atoms with Gasteiger partial charge in [0, 0.05) is 37.2 Å². The third kappa shape index (κ3) is 2.09. The summed E-state index contributed by atoms with van der Waals surface area (Å²) in [6.07, 6.45) is -0.881. The molecular formula is C13H16F3N3O. The monoisotopic (exact) mass is 287 g/mol. The van der Waals surface area contributed by atoms with Crippen LogP contribution in [0.1, 0.15) is 36.6 Å². The molecule has 0 radical (unpaired) electrons. The number of aryl methyl sites for hydroxylation is 1. The quantitative estimate of drug-likeness (QED) is 0.782. The van der Waals surface area contributed by atoms with E-state index in [-0.39, 0.29) is 11.3 Å². The number of likely N-dealkylation sites (tertiary alicyclic amines) is 1. The molecule has 2 fully saturated rings. The average molecular weight is 287 g/mol.